The lowest BCUT2D eigenvalue weighted by Gasteiger charge is -2.15. The Hall–Kier alpha value is -2.71. The molecule has 0 aliphatic heterocycles. The van der Waals surface area contributed by atoms with Crippen molar-refractivity contribution in [2.75, 3.05) is 5.75 Å². The Morgan fingerprint density at radius 2 is 1.63 bits per heavy atom. The predicted molar refractivity (Wildman–Crippen MR) is 102 cm³/mol. The van der Waals surface area contributed by atoms with Gasteiger partial charge in [0, 0.05) is 42.9 Å². The Balaban J connectivity index is 1.61. The van der Waals surface area contributed by atoms with Gasteiger partial charge in [-0.05, 0) is 24.6 Å². The van der Waals surface area contributed by atoms with Crippen LogP contribution in [0.4, 0.5) is 0 Å². The molecule has 0 aliphatic carbocycles. The van der Waals surface area contributed by atoms with E-state index >= 15 is 0 Å². The lowest BCUT2D eigenvalue weighted by molar-refractivity contribution is 0.572. The van der Waals surface area contributed by atoms with Crippen LogP contribution in [-0.2, 0) is 16.4 Å². The van der Waals surface area contributed by atoms with E-state index in [0.717, 1.165) is 16.7 Å². The molecule has 0 saturated heterocycles. The molecule has 1 aromatic carbocycles. The molecular formula is C19H21N5O2S. The molecule has 0 saturated carbocycles. The van der Waals surface area contributed by atoms with Gasteiger partial charge in [-0.2, -0.15) is 0 Å². The minimum Gasteiger partial charge on any atom is -0.306 e. The van der Waals surface area contributed by atoms with Crippen molar-refractivity contribution in [3.63, 3.8) is 0 Å². The average Bonchev–Trinajstić information content (AvgIpc) is 2.73. The maximum Gasteiger partial charge on any atom is 0.178 e. The predicted octanol–water partition coefficient (Wildman–Crippen LogP) is 2.58. The highest BCUT2D eigenvalue weighted by molar-refractivity contribution is 7.91. The first-order valence-electron chi connectivity index (χ1n) is 8.62. The standard InChI is InChI=1S/C19H21N5O2S/c1-3-27(25,26)18-6-4-16(5-7-18)14(2)22-8-15-9-23-19(24-10-15)17-11-20-13-21-12-17/h4-7,9-14,22H,3,8H2,1-2H3. The summed E-state index contributed by atoms with van der Waals surface area (Å²) < 4.78 is 23.8. The zero-order valence-electron chi connectivity index (χ0n) is 15.2. The first-order valence-corrected chi connectivity index (χ1v) is 10.3. The van der Waals surface area contributed by atoms with Crippen LogP contribution in [0.2, 0.25) is 0 Å². The van der Waals surface area contributed by atoms with Crippen molar-refractivity contribution < 1.29 is 8.42 Å². The van der Waals surface area contributed by atoms with Crippen molar-refractivity contribution in [2.24, 2.45) is 0 Å². The van der Waals surface area contributed by atoms with Crippen molar-refractivity contribution in [1.82, 2.24) is 25.3 Å². The van der Waals surface area contributed by atoms with Crippen LogP contribution in [0, 0.1) is 0 Å². The lowest BCUT2D eigenvalue weighted by atomic mass is 10.1. The Kier molecular flexibility index (Phi) is 5.88. The van der Waals surface area contributed by atoms with E-state index in [-0.39, 0.29) is 11.8 Å². The molecule has 0 aliphatic rings. The second kappa shape index (κ2) is 8.32. The minimum atomic E-state index is -3.17. The molecular weight excluding hydrogens is 362 g/mol. The highest BCUT2D eigenvalue weighted by Crippen LogP contribution is 2.18. The van der Waals surface area contributed by atoms with Gasteiger partial charge in [0.25, 0.3) is 0 Å². The van der Waals surface area contributed by atoms with Gasteiger partial charge in [-0.3, -0.25) is 0 Å². The van der Waals surface area contributed by atoms with Crippen LogP contribution in [0.25, 0.3) is 11.4 Å². The molecule has 0 spiro atoms. The van der Waals surface area contributed by atoms with Crippen molar-refractivity contribution in [2.45, 2.75) is 31.3 Å². The fraction of sp³-hybridized carbons (Fsp3) is 0.263. The minimum absolute atomic E-state index is 0.0607. The number of nitrogens with one attached hydrogen (secondary N) is 1. The van der Waals surface area contributed by atoms with Crippen LogP contribution >= 0.6 is 0 Å². The van der Waals surface area contributed by atoms with Gasteiger partial charge in [-0.1, -0.05) is 19.1 Å². The van der Waals surface area contributed by atoms with E-state index in [9.17, 15) is 8.42 Å². The topological polar surface area (TPSA) is 97.7 Å². The van der Waals surface area contributed by atoms with E-state index in [4.69, 9.17) is 0 Å². The highest BCUT2D eigenvalue weighted by atomic mass is 32.2. The third kappa shape index (κ3) is 4.72. The molecule has 3 rings (SSSR count). The maximum atomic E-state index is 11.9. The highest BCUT2D eigenvalue weighted by Gasteiger charge is 2.12. The van der Waals surface area contributed by atoms with Crippen molar-refractivity contribution >= 4 is 9.84 Å². The first-order chi connectivity index (χ1) is 13.0. The Morgan fingerprint density at radius 3 is 2.22 bits per heavy atom. The smallest absolute Gasteiger partial charge is 0.178 e. The van der Waals surface area contributed by atoms with Gasteiger partial charge in [0.1, 0.15) is 6.33 Å². The molecule has 8 heteroatoms. The number of hydrogen-bond acceptors (Lipinski definition) is 7. The van der Waals surface area contributed by atoms with Crippen molar-refractivity contribution in [1.29, 1.82) is 0 Å². The van der Waals surface area contributed by atoms with Gasteiger partial charge in [-0.25, -0.2) is 28.4 Å². The largest absolute Gasteiger partial charge is 0.306 e. The molecule has 1 N–H and O–H groups in total. The van der Waals surface area contributed by atoms with E-state index in [2.05, 4.69) is 25.3 Å². The third-order valence-electron chi connectivity index (χ3n) is 4.26. The fourth-order valence-electron chi connectivity index (χ4n) is 2.53. The molecule has 7 nitrogen and oxygen atoms in total. The van der Waals surface area contributed by atoms with Crippen LogP contribution in [0.5, 0.6) is 0 Å². The molecule has 3 aromatic rings. The summed E-state index contributed by atoms with van der Waals surface area (Å²) in [5, 5.41) is 3.39. The third-order valence-corrected chi connectivity index (χ3v) is 6.01. The summed E-state index contributed by atoms with van der Waals surface area (Å²) in [5.41, 5.74) is 2.74. The molecule has 2 aromatic heterocycles. The Bertz CT molecular complexity index is 975. The number of benzene rings is 1. The molecule has 0 fully saturated rings. The van der Waals surface area contributed by atoms with E-state index in [1.54, 1.807) is 43.8 Å². The van der Waals surface area contributed by atoms with Crippen molar-refractivity contribution in [3.8, 4) is 11.4 Å². The number of hydrogen-bond donors (Lipinski definition) is 1. The van der Waals surface area contributed by atoms with Gasteiger partial charge in [0.05, 0.1) is 16.2 Å². The number of sulfone groups is 1. The second-order valence-electron chi connectivity index (χ2n) is 6.12. The van der Waals surface area contributed by atoms with E-state index < -0.39 is 9.84 Å². The summed E-state index contributed by atoms with van der Waals surface area (Å²) in [4.78, 5) is 17.0. The van der Waals surface area contributed by atoms with Crippen molar-refractivity contribution in [3.05, 3.63) is 66.5 Å². The quantitative estimate of drug-likeness (QED) is 0.669. The fourth-order valence-corrected chi connectivity index (χ4v) is 3.41. The summed E-state index contributed by atoms with van der Waals surface area (Å²) >= 11 is 0. The summed E-state index contributed by atoms with van der Waals surface area (Å²) in [5.74, 6) is 0.686. The van der Waals surface area contributed by atoms with Gasteiger partial charge >= 0.3 is 0 Å². The van der Waals surface area contributed by atoms with Crippen LogP contribution in [0.15, 0.2) is 60.3 Å². The molecule has 0 amide bonds. The average molecular weight is 383 g/mol. The SMILES string of the molecule is CCS(=O)(=O)c1ccc(C(C)NCc2cnc(-c3cncnc3)nc2)cc1. The van der Waals surface area contributed by atoms with E-state index in [0.29, 0.717) is 17.3 Å². The van der Waals surface area contributed by atoms with Gasteiger partial charge in [0.2, 0.25) is 0 Å². The Morgan fingerprint density at radius 1 is 1.00 bits per heavy atom. The maximum absolute atomic E-state index is 11.9. The summed E-state index contributed by atoms with van der Waals surface area (Å²) in [6, 6.07) is 7.06. The van der Waals surface area contributed by atoms with Gasteiger partial charge in [0.15, 0.2) is 15.7 Å². The normalized spacial score (nSPS) is 12.7. The number of rotatable bonds is 7. The first kappa shape index (κ1) is 19.1. The van der Waals surface area contributed by atoms with E-state index in [1.807, 2.05) is 19.1 Å². The summed E-state index contributed by atoms with van der Waals surface area (Å²) in [6.07, 6.45) is 8.35. The molecule has 2 heterocycles. The molecule has 140 valence electrons. The van der Waals surface area contributed by atoms with Crippen LogP contribution in [-0.4, -0.2) is 34.1 Å². The molecule has 1 atom stereocenters. The zero-order valence-corrected chi connectivity index (χ0v) is 16.0. The molecule has 0 radical (unpaired) electrons. The van der Waals surface area contributed by atoms with Crippen LogP contribution in [0.1, 0.15) is 31.0 Å². The zero-order chi connectivity index (χ0) is 19.3. The summed E-state index contributed by atoms with van der Waals surface area (Å²) in [7, 11) is -3.17. The monoisotopic (exact) mass is 383 g/mol. The molecule has 1 unspecified atom stereocenters. The summed E-state index contributed by atoms with van der Waals surface area (Å²) in [6.45, 7) is 4.27. The van der Waals surface area contributed by atoms with Gasteiger partial charge in [-0.15, -0.1) is 0 Å². The number of aromatic nitrogens is 4. The molecule has 27 heavy (non-hydrogen) atoms. The van der Waals surface area contributed by atoms with Crippen LogP contribution in [0.3, 0.4) is 0 Å². The molecule has 0 bridgehead atoms. The van der Waals surface area contributed by atoms with Crippen LogP contribution < -0.4 is 5.32 Å². The van der Waals surface area contributed by atoms with E-state index in [1.165, 1.54) is 6.33 Å². The second-order valence-corrected chi connectivity index (χ2v) is 8.40. The Labute approximate surface area is 158 Å². The lowest BCUT2D eigenvalue weighted by Crippen LogP contribution is -2.18. The number of nitrogens with zero attached hydrogens (tertiary/aromatic N) is 4. The van der Waals surface area contributed by atoms with Gasteiger partial charge < -0.3 is 5.32 Å².